The average molecular weight is 260 g/mol. The molecule has 0 aliphatic carbocycles. The van der Waals surface area contributed by atoms with Crippen molar-refractivity contribution in [2.45, 2.75) is 6.54 Å². The second-order valence-corrected chi connectivity index (χ2v) is 4.41. The average Bonchev–Trinajstić information content (AvgIpc) is 2.42. The normalized spacial score (nSPS) is 10.3. The van der Waals surface area contributed by atoms with Crippen LogP contribution in [0.5, 0.6) is 5.75 Å². The van der Waals surface area contributed by atoms with E-state index >= 15 is 0 Å². The molecule has 0 bridgehead atoms. The van der Waals surface area contributed by atoms with Gasteiger partial charge in [0, 0.05) is 19.7 Å². The number of ether oxygens (including phenoxy) is 1. The lowest BCUT2D eigenvalue weighted by molar-refractivity contribution is 0.415. The highest BCUT2D eigenvalue weighted by Gasteiger charge is 2.07. The summed E-state index contributed by atoms with van der Waals surface area (Å²) in [5.41, 5.74) is 8.56. The van der Waals surface area contributed by atoms with E-state index in [1.807, 2.05) is 30.1 Å². The maximum absolute atomic E-state index is 12.9. The van der Waals surface area contributed by atoms with Gasteiger partial charge in [-0.25, -0.2) is 4.39 Å². The van der Waals surface area contributed by atoms with Gasteiger partial charge in [-0.2, -0.15) is 0 Å². The van der Waals surface area contributed by atoms with Crippen molar-refractivity contribution in [2.75, 3.05) is 24.8 Å². The molecule has 0 atom stereocenters. The Balaban J connectivity index is 2.19. The number of anilines is 2. The number of halogens is 1. The van der Waals surface area contributed by atoms with Gasteiger partial charge in [0.1, 0.15) is 11.6 Å². The molecule has 0 amide bonds. The van der Waals surface area contributed by atoms with Crippen LogP contribution in [0.25, 0.3) is 0 Å². The first-order valence-electron chi connectivity index (χ1n) is 5.99. The van der Waals surface area contributed by atoms with E-state index in [0.29, 0.717) is 12.2 Å². The molecule has 19 heavy (non-hydrogen) atoms. The molecule has 4 heteroatoms. The Morgan fingerprint density at radius 3 is 2.47 bits per heavy atom. The standard InChI is InChI=1S/C15H17FN2O/c1-18(10-11-3-5-12(16)6-4-11)15-9-13(19-2)7-8-14(15)17/h3-9H,10,17H2,1-2H3. The quantitative estimate of drug-likeness (QED) is 0.859. The lowest BCUT2D eigenvalue weighted by Gasteiger charge is -2.21. The van der Waals surface area contributed by atoms with Crippen LogP contribution in [0.1, 0.15) is 5.56 Å². The summed E-state index contributed by atoms with van der Waals surface area (Å²) < 4.78 is 18.1. The molecule has 0 spiro atoms. The summed E-state index contributed by atoms with van der Waals surface area (Å²) in [6.07, 6.45) is 0. The second kappa shape index (κ2) is 5.61. The minimum absolute atomic E-state index is 0.229. The minimum atomic E-state index is -0.229. The van der Waals surface area contributed by atoms with Crippen LogP contribution in [0.15, 0.2) is 42.5 Å². The van der Waals surface area contributed by atoms with E-state index in [-0.39, 0.29) is 5.82 Å². The third-order valence-electron chi connectivity index (χ3n) is 2.98. The highest BCUT2D eigenvalue weighted by Crippen LogP contribution is 2.28. The Morgan fingerprint density at radius 2 is 1.84 bits per heavy atom. The van der Waals surface area contributed by atoms with Gasteiger partial charge in [0.25, 0.3) is 0 Å². The number of nitrogens with two attached hydrogens (primary N) is 1. The summed E-state index contributed by atoms with van der Waals surface area (Å²) in [6, 6.07) is 12.0. The fourth-order valence-corrected chi connectivity index (χ4v) is 1.93. The SMILES string of the molecule is COc1ccc(N)c(N(C)Cc2ccc(F)cc2)c1. The Hall–Kier alpha value is -2.23. The Labute approximate surface area is 112 Å². The first-order chi connectivity index (χ1) is 9.10. The molecule has 0 aromatic heterocycles. The van der Waals surface area contributed by atoms with Crippen LogP contribution in [0.2, 0.25) is 0 Å². The zero-order valence-electron chi connectivity index (χ0n) is 11.1. The van der Waals surface area contributed by atoms with Crippen LogP contribution in [0.4, 0.5) is 15.8 Å². The van der Waals surface area contributed by atoms with Gasteiger partial charge in [-0.3, -0.25) is 0 Å². The third kappa shape index (κ3) is 3.16. The molecule has 0 saturated heterocycles. The van der Waals surface area contributed by atoms with Gasteiger partial charge in [-0.15, -0.1) is 0 Å². The first kappa shape index (κ1) is 13.2. The van der Waals surface area contributed by atoms with Gasteiger partial charge in [0.15, 0.2) is 0 Å². The summed E-state index contributed by atoms with van der Waals surface area (Å²) >= 11 is 0. The summed E-state index contributed by atoms with van der Waals surface area (Å²) in [6.45, 7) is 0.650. The largest absolute Gasteiger partial charge is 0.497 e. The molecule has 2 aromatic carbocycles. The van der Waals surface area contributed by atoms with E-state index in [4.69, 9.17) is 10.5 Å². The summed E-state index contributed by atoms with van der Waals surface area (Å²) in [5.74, 6) is 0.530. The van der Waals surface area contributed by atoms with Crippen LogP contribution in [-0.2, 0) is 6.54 Å². The number of benzene rings is 2. The van der Waals surface area contributed by atoms with Crippen molar-refractivity contribution < 1.29 is 9.13 Å². The Kier molecular flexibility index (Phi) is 3.90. The molecule has 0 aliphatic heterocycles. The molecule has 100 valence electrons. The molecule has 2 N–H and O–H groups in total. The Bertz CT molecular complexity index is 555. The summed E-state index contributed by atoms with van der Waals surface area (Å²) in [7, 11) is 3.56. The number of nitrogen functional groups attached to an aromatic ring is 1. The van der Waals surface area contributed by atoms with E-state index in [1.165, 1.54) is 12.1 Å². The maximum Gasteiger partial charge on any atom is 0.123 e. The number of hydrogen-bond acceptors (Lipinski definition) is 3. The van der Waals surface area contributed by atoms with Crippen LogP contribution < -0.4 is 15.4 Å². The molecule has 0 aliphatic rings. The molecular weight excluding hydrogens is 243 g/mol. The van der Waals surface area contributed by atoms with Gasteiger partial charge in [-0.1, -0.05) is 12.1 Å². The van der Waals surface area contributed by atoms with Gasteiger partial charge < -0.3 is 15.4 Å². The van der Waals surface area contributed by atoms with Gasteiger partial charge >= 0.3 is 0 Å². The van der Waals surface area contributed by atoms with E-state index in [1.54, 1.807) is 19.2 Å². The van der Waals surface area contributed by atoms with Crippen LogP contribution in [0, 0.1) is 5.82 Å². The van der Waals surface area contributed by atoms with Crippen LogP contribution in [-0.4, -0.2) is 14.2 Å². The van der Waals surface area contributed by atoms with Crippen molar-refractivity contribution in [3.05, 3.63) is 53.8 Å². The molecule has 0 fully saturated rings. The smallest absolute Gasteiger partial charge is 0.123 e. The molecule has 0 heterocycles. The number of methoxy groups -OCH3 is 1. The maximum atomic E-state index is 12.9. The fourth-order valence-electron chi connectivity index (χ4n) is 1.93. The highest BCUT2D eigenvalue weighted by atomic mass is 19.1. The van der Waals surface area contributed by atoms with Crippen molar-refractivity contribution in [2.24, 2.45) is 0 Å². The topological polar surface area (TPSA) is 38.5 Å². The molecule has 2 rings (SSSR count). The molecule has 0 saturated carbocycles. The summed E-state index contributed by atoms with van der Waals surface area (Å²) in [5, 5.41) is 0. The number of nitrogens with zero attached hydrogens (tertiary/aromatic N) is 1. The Morgan fingerprint density at radius 1 is 1.16 bits per heavy atom. The molecule has 0 unspecified atom stereocenters. The van der Waals surface area contributed by atoms with Gasteiger partial charge in [0.05, 0.1) is 18.5 Å². The van der Waals surface area contributed by atoms with Crippen molar-refractivity contribution in [3.8, 4) is 5.75 Å². The minimum Gasteiger partial charge on any atom is -0.497 e. The van der Waals surface area contributed by atoms with Crippen molar-refractivity contribution in [3.63, 3.8) is 0 Å². The number of hydrogen-bond donors (Lipinski definition) is 1. The van der Waals surface area contributed by atoms with E-state index in [2.05, 4.69) is 0 Å². The monoisotopic (exact) mass is 260 g/mol. The summed E-state index contributed by atoms with van der Waals surface area (Å²) in [4.78, 5) is 2.01. The van der Waals surface area contributed by atoms with Crippen molar-refractivity contribution >= 4 is 11.4 Å². The van der Waals surface area contributed by atoms with Crippen molar-refractivity contribution in [1.29, 1.82) is 0 Å². The second-order valence-electron chi connectivity index (χ2n) is 4.41. The fraction of sp³-hybridized carbons (Fsp3) is 0.200. The molecule has 2 aromatic rings. The van der Waals surface area contributed by atoms with Crippen molar-refractivity contribution in [1.82, 2.24) is 0 Å². The van der Waals surface area contributed by atoms with E-state index in [9.17, 15) is 4.39 Å². The highest BCUT2D eigenvalue weighted by molar-refractivity contribution is 5.69. The van der Waals surface area contributed by atoms with Gasteiger partial charge in [-0.05, 0) is 29.8 Å². The van der Waals surface area contributed by atoms with Gasteiger partial charge in [0.2, 0.25) is 0 Å². The predicted octanol–water partition coefficient (Wildman–Crippen LogP) is 3.05. The first-order valence-corrected chi connectivity index (χ1v) is 5.99. The van der Waals surface area contributed by atoms with Crippen LogP contribution in [0.3, 0.4) is 0 Å². The van der Waals surface area contributed by atoms with E-state index in [0.717, 1.165) is 17.0 Å². The lowest BCUT2D eigenvalue weighted by atomic mass is 10.2. The predicted molar refractivity (Wildman–Crippen MR) is 75.9 cm³/mol. The molecule has 0 radical (unpaired) electrons. The lowest BCUT2D eigenvalue weighted by Crippen LogP contribution is -2.17. The van der Waals surface area contributed by atoms with Crippen LogP contribution >= 0.6 is 0 Å². The van der Waals surface area contributed by atoms with E-state index < -0.39 is 0 Å². The molecular formula is C15H17FN2O. The third-order valence-corrected chi connectivity index (χ3v) is 2.98. The zero-order valence-corrected chi connectivity index (χ0v) is 11.1. The molecule has 3 nitrogen and oxygen atoms in total. The number of rotatable bonds is 4. The zero-order chi connectivity index (χ0) is 13.8.